The molecule has 0 bridgehead atoms. The number of alkyl halides is 3. The molecule has 1 fully saturated rings. The molecule has 4 rings (SSSR count). The lowest BCUT2D eigenvalue weighted by atomic mass is 10.1. The number of aromatic nitrogens is 1. The maximum atomic E-state index is 13.8. The molecule has 1 aromatic heterocycles. The molecule has 9 nitrogen and oxygen atoms in total. The Hall–Kier alpha value is -4.00. The minimum atomic E-state index is -4.62. The Balaban J connectivity index is 1.65. The van der Waals surface area contributed by atoms with Crippen molar-refractivity contribution >= 4 is 34.6 Å². The first kappa shape index (κ1) is 30.9. The van der Waals surface area contributed by atoms with Gasteiger partial charge in [-0.15, -0.1) is 0 Å². The summed E-state index contributed by atoms with van der Waals surface area (Å²) in [5, 5.41) is 7.10. The summed E-state index contributed by atoms with van der Waals surface area (Å²) in [4.78, 5) is 19.5. The lowest BCUT2D eigenvalue weighted by Gasteiger charge is -2.22. The highest BCUT2D eigenvalue weighted by Gasteiger charge is 2.33. The molecule has 0 atom stereocenters. The molecular weight excluding hydrogens is 573 g/mol. The largest absolute Gasteiger partial charge is 0.495 e. The van der Waals surface area contributed by atoms with Crippen LogP contribution in [0, 0.1) is 0 Å². The smallest absolute Gasteiger partial charge is 0.416 e. The molecule has 2 aromatic carbocycles. The molecule has 224 valence electrons. The molecule has 1 aliphatic rings. The summed E-state index contributed by atoms with van der Waals surface area (Å²) < 4.78 is 52.2. The van der Waals surface area contributed by atoms with E-state index in [0.29, 0.717) is 22.6 Å². The quantitative estimate of drug-likeness (QED) is 0.205. The van der Waals surface area contributed by atoms with E-state index in [1.165, 1.54) is 37.4 Å². The molecule has 0 saturated carbocycles. The van der Waals surface area contributed by atoms with Crippen LogP contribution in [-0.2, 0) is 12.7 Å². The number of pyridine rings is 1. The lowest BCUT2D eigenvalue weighted by molar-refractivity contribution is -0.137. The zero-order valence-electron chi connectivity index (χ0n) is 23.4. The first-order chi connectivity index (χ1) is 20.0. The number of hydrazine groups is 1. The number of carbonyl (C=O) groups excluding carboxylic acids is 1. The van der Waals surface area contributed by atoms with E-state index in [1.54, 1.807) is 31.7 Å². The number of nitrogens with zero attached hydrogens (tertiary/aromatic N) is 3. The fraction of sp³-hybridized carbons (Fsp3) is 0.310. The van der Waals surface area contributed by atoms with Gasteiger partial charge in [-0.3, -0.25) is 19.7 Å². The molecule has 4 N–H and O–H groups in total. The van der Waals surface area contributed by atoms with E-state index in [-0.39, 0.29) is 34.3 Å². The zero-order chi connectivity index (χ0) is 30.4. The van der Waals surface area contributed by atoms with Crippen LogP contribution in [0.4, 0.5) is 24.5 Å². The van der Waals surface area contributed by atoms with Crippen molar-refractivity contribution in [2.75, 3.05) is 44.7 Å². The zero-order valence-corrected chi connectivity index (χ0v) is 24.1. The van der Waals surface area contributed by atoms with Gasteiger partial charge in [0.05, 0.1) is 48.1 Å². The number of nitrogens with one attached hydrogen (secondary N) is 2. The van der Waals surface area contributed by atoms with Gasteiger partial charge in [0.2, 0.25) is 0 Å². The molecule has 0 radical (unpaired) electrons. The van der Waals surface area contributed by atoms with Crippen LogP contribution in [0.2, 0.25) is 5.02 Å². The molecule has 1 amide bonds. The second-order valence-corrected chi connectivity index (χ2v) is 10.0. The summed E-state index contributed by atoms with van der Waals surface area (Å²) in [7, 11) is 4.59. The van der Waals surface area contributed by atoms with Gasteiger partial charge in [0, 0.05) is 42.7 Å². The van der Waals surface area contributed by atoms with Crippen LogP contribution >= 0.6 is 11.6 Å². The van der Waals surface area contributed by atoms with Gasteiger partial charge in [-0.2, -0.15) is 13.2 Å². The van der Waals surface area contributed by atoms with Crippen molar-refractivity contribution in [2.45, 2.75) is 25.6 Å². The van der Waals surface area contributed by atoms with Gasteiger partial charge in [0.1, 0.15) is 11.5 Å². The first-order valence-electron chi connectivity index (χ1n) is 13.1. The van der Waals surface area contributed by atoms with Gasteiger partial charge < -0.3 is 20.1 Å². The number of rotatable bonds is 10. The number of likely N-dealkylation sites (tertiary alicyclic amines) is 1. The highest BCUT2D eigenvalue weighted by atomic mass is 35.5. The molecule has 0 aliphatic carbocycles. The molecule has 1 aliphatic heterocycles. The van der Waals surface area contributed by atoms with Crippen LogP contribution < -0.4 is 31.0 Å². The summed E-state index contributed by atoms with van der Waals surface area (Å²) in [6.07, 6.45) is 2.07. The number of hydrogen-bond donors (Lipinski definition) is 3. The van der Waals surface area contributed by atoms with Crippen LogP contribution in [0.15, 0.2) is 55.0 Å². The van der Waals surface area contributed by atoms with Crippen LogP contribution in [0.5, 0.6) is 11.5 Å². The minimum absolute atomic E-state index is 0.0875. The second kappa shape index (κ2) is 13.3. The molecule has 1 saturated heterocycles. The Morgan fingerprint density at radius 2 is 1.86 bits per heavy atom. The van der Waals surface area contributed by atoms with Gasteiger partial charge in [0.25, 0.3) is 5.91 Å². The number of anilines is 2. The average Bonchev–Trinajstić information content (AvgIpc) is 3.48. The van der Waals surface area contributed by atoms with E-state index >= 15 is 0 Å². The molecule has 0 spiro atoms. The van der Waals surface area contributed by atoms with Gasteiger partial charge >= 0.3 is 6.18 Å². The summed E-state index contributed by atoms with van der Waals surface area (Å²) in [5.41, 5.74) is 1.02. The Bertz CT molecular complexity index is 1460. The van der Waals surface area contributed by atoms with Gasteiger partial charge in [-0.25, -0.2) is 5.84 Å². The minimum Gasteiger partial charge on any atom is -0.495 e. The summed E-state index contributed by atoms with van der Waals surface area (Å²) in [5.74, 6) is 6.36. The van der Waals surface area contributed by atoms with Crippen molar-refractivity contribution in [2.24, 2.45) is 5.84 Å². The third-order valence-electron chi connectivity index (χ3n) is 6.82. The number of amides is 1. The van der Waals surface area contributed by atoms with Gasteiger partial charge in [0.15, 0.2) is 0 Å². The number of nitrogens with two attached hydrogens (primary N) is 1. The summed E-state index contributed by atoms with van der Waals surface area (Å²) >= 11 is 6.41. The van der Waals surface area contributed by atoms with Crippen LogP contribution in [0.25, 0.3) is 5.70 Å². The number of ether oxygens (including phenoxy) is 2. The molecule has 2 heterocycles. The third-order valence-corrected chi connectivity index (χ3v) is 7.14. The van der Waals surface area contributed by atoms with Gasteiger partial charge in [-0.05, 0) is 62.3 Å². The van der Waals surface area contributed by atoms with Gasteiger partial charge in [-0.1, -0.05) is 11.6 Å². The predicted molar refractivity (Wildman–Crippen MR) is 156 cm³/mol. The van der Waals surface area contributed by atoms with Crippen molar-refractivity contribution < 1.29 is 27.4 Å². The Morgan fingerprint density at radius 1 is 1.12 bits per heavy atom. The highest BCUT2D eigenvalue weighted by Crippen LogP contribution is 2.39. The number of benzene rings is 2. The Kier molecular flexibility index (Phi) is 9.81. The number of methoxy groups -OCH3 is 2. The average molecular weight is 605 g/mol. The predicted octanol–water partition coefficient (Wildman–Crippen LogP) is 5.52. The lowest BCUT2D eigenvalue weighted by Crippen LogP contribution is -2.27. The van der Waals surface area contributed by atoms with Crippen LogP contribution in [-0.4, -0.2) is 50.1 Å². The number of carbonyl (C=O) groups is 1. The van der Waals surface area contributed by atoms with E-state index in [4.69, 9.17) is 26.9 Å². The molecule has 3 aromatic rings. The standard InChI is InChI=1S/C29H32ClF3N6O3/c1-35-25(19-11-22(41-2)15-36-14-19)17-39(34)26-12-18(6-7-23(26)30)28(40)37-24-13-21(29(31,32)33)10-20(27(24)42-3)16-38-8-4-5-9-38/h6-7,10-15,17,35H,4-5,8-9,16,34H2,1-3H3,(H,37,40)/b25-17-. The normalized spacial score (nSPS) is 14.0. The van der Waals surface area contributed by atoms with Crippen LogP contribution in [0.1, 0.15) is 39.9 Å². The fourth-order valence-electron chi connectivity index (χ4n) is 4.70. The van der Waals surface area contributed by atoms with Crippen molar-refractivity contribution in [3.8, 4) is 11.5 Å². The van der Waals surface area contributed by atoms with Crippen molar-refractivity contribution in [1.29, 1.82) is 0 Å². The van der Waals surface area contributed by atoms with Crippen molar-refractivity contribution in [3.05, 3.63) is 82.3 Å². The highest BCUT2D eigenvalue weighted by molar-refractivity contribution is 6.33. The van der Waals surface area contributed by atoms with E-state index in [2.05, 4.69) is 20.5 Å². The third kappa shape index (κ3) is 7.25. The number of hydrogen-bond acceptors (Lipinski definition) is 8. The molecule has 13 heteroatoms. The van der Waals surface area contributed by atoms with Crippen LogP contribution in [0.3, 0.4) is 0 Å². The SMILES string of the molecule is CN/C(=C\N(N)c1cc(C(=O)Nc2cc(C(F)(F)F)cc(CN3CCCC3)c2OC)ccc1Cl)c1cncc(OC)c1. The fourth-order valence-corrected chi connectivity index (χ4v) is 4.92. The monoisotopic (exact) mass is 604 g/mol. The molecular formula is C29H32ClF3N6O3. The topological polar surface area (TPSA) is 105 Å². The number of halogens is 4. The summed E-state index contributed by atoms with van der Waals surface area (Å²) in [6.45, 7) is 1.83. The van der Waals surface area contributed by atoms with E-state index in [9.17, 15) is 18.0 Å². The molecule has 42 heavy (non-hydrogen) atoms. The van der Waals surface area contributed by atoms with E-state index in [0.717, 1.165) is 38.1 Å². The first-order valence-corrected chi connectivity index (χ1v) is 13.5. The molecule has 0 unspecified atom stereocenters. The van der Waals surface area contributed by atoms with Crippen molar-refractivity contribution in [3.63, 3.8) is 0 Å². The Morgan fingerprint density at radius 3 is 2.50 bits per heavy atom. The Labute approximate surface area is 247 Å². The maximum absolute atomic E-state index is 13.8. The second-order valence-electron chi connectivity index (χ2n) is 9.63. The maximum Gasteiger partial charge on any atom is 0.416 e. The van der Waals surface area contributed by atoms with E-state index < -0.39 is 17.6 Å². The summed E-state index contributed by atoms with van der Waals surface area (Å²) in [6, 6.07) is 8.08. The van der Waals surface area contributed by atoms with Crippen molar-refractivity contribution in [1.82, 2.24) is 15.2 Å². The van der Waals surface area contributed by atoms with E-state index in [1.807, 2.05) is 0 Å².